The fourth-order valence-corrected chi connectivity index (χ4v) is 3.72. The average molecular weight is 357 g/mol. The van der Waals surface area contributed by atoms with E-state index < -0.39 is 0 Å². The molecule has 0 bridgehead atoms. The number of benzene rings is 1. The van der Waals surface area contributed by atoms with Crippen LogP contribution in [0.4, 0.5) is 5.95 Å². The first-order chi connectivity index (χ1) is 12.6. The first kappa shape index (κ1) is 18.7. The minimum atomic E-state index is 0.141. The molecule has 0 radical (unpaired) electrons. The topological polar surface area (TPSA) is 50.2 Å². The Bertz CT molecular complexity index is 729. The van der Waals surface area contributed by atoms with Gasteiger partial charge in [-0.3, -0.25) is 4.79 Å². The predicted molar refractivity (Wildman–Crippen MR) is 107 cm³/mol. The summed E-state index contributed by atoms with van der Waals surface area (Å²) in [5.74, 6) is 2.06. The summed E-state index contributed by atoms with van der Waals surface area (Å²) in [6.07, 6.45) is 3.94. The summed E-state index contributed by atoms with van der Waals surface area (Å²) in [6, 6.07) is 8.35. The lowest BCUT2D eigenvalue weighted by molar-refractivity contribution is -0.125. The molecule has 1 aromatic heterocycles. The molecule has 0 aliphatic carbocycles. The van der Waals surface area contributed by atoms with Crippen LogP contribution in [0.25, 0.3) is 11.0 Å². The number of aromatic nitrogens is 2. The molecule has 2 heterocycles. The first-order valence-electron chi connectivity index (χ1n) is 10.1. The van der Waals surface area contributed by atoms with Gasteiger partial charge in [-0.25, -0.2) is 4.98 Å². The normalized spacial score (nSPS) is 15.8. The Kier molecular flexibility index (Phi) is 6.17. The Morgan fingerprint density at radius 2 is 2.00 bits per heavy atom. The van der Waals surface area contributed by atoms with E-state index in [1.54, 1.807) is 0 Å². The molecular formula is C21H32N4O. The zero-order valence-corrected chi connectivity index (χ0v) is 16.4. The van der Waals surface area contributed by atoms with E-state index in [0.29, 0.717) is 5.92 Å². The number of anilines is 1. The van der Waals surface area contributed by atoms with Crippen molar-refractivity contribution in [3.05, 3.63) is 24.3 Å². The number of amides is 1. The highest BCUT2D eigenvalue weighted by Gasteiger charge is 2.27. The summed E-state index contributed by atoms with van der Waals surface area (Å²) in [4.78, 5) is 19.6. The van der Waals surface area contributed by atoms with Crippen molar-refractivity contribution < 1.29 is 4.79 Å². The molecule has 1 aliphatic rings. The maximum atomic E-state index is 12.4. The highest BCUT2D eigenvalue weighted by atomic mass is 16.1. The van der Waals surface area contributed by atoms with Gasteiger partial charge in [0.1, 0.15) is 0 Å². The molecule has 0 spiro atoms. The van der Waals surface area contributed by atoms with Crippen LogP contribution in [0.15, 0.2) is 24.3 Å². The van der Waals surface area contributed by atoms with Crippen molar-refractivity contribution >= 4 is 22.9 Å². The summed E-state index contributed by atoms with van der Waals surface area (Å²) in [5.41, 5.74) is 2.27. The van der Waals surface area contributed by atoms with E-state index in [0.717, 1.165) is 63.3 Å². The Balaban J connectivity index is 1.64. The third kappa shape index (κ3) is 4.19. The molecule has 2 aromatic rings. The van der Waals surface area contributed by atoms with Crippen LogP contribution in [0.5, 0.6) is 0 Å². The van der Waals surface area contributed by atoms with Crippen molar-refractivity contribution in [3.63, 3.8) is 0 Å². The fraction of sp³-hybridized carbons (Fsp3) is 0.619. The second-order valence-electron chi connectivity index (χ2n) is 7.79. The lowest BCUT2D eigenvalue weighted by atomic mass is 9.96. The van der Waals surface area contributed by atoms with Crippen LogP contribution in [-0.2, 0) is 11.3 Å². The van der Waals surface area contributed by atoms with Crippen LogP contribution in [0, 0.1) is 11.8 Å². The number of nitrogens with zero attached hydrogens (tertiary/aromatic N) is 3. The SMILES string of the molecule is CCCn1c(N2CCC(C(=O)NCCC(C)C)CC2)nc2ccccc21. The maximum Gasteiger partial charge on any atom is 0.223 e. The Hall–Kier alpha value is -2.04. The van der Waals surface area contributed by atoms with E-state index in [9.17, 15) is 4.79 Å². The van der Waals surface area contributed by atoms with E-state index in [1.807, 2.05) is 6.07 Å². The molecule has 26 heavy (non-hydrogen) atoms. The number of carbonyl (C=O) groups is 1. The van der Waals surface area contributed by atoms with Gasteiger partial charge in [-0.05, 0) is 43.7 Å². The monoisotopic (exact) mass is 356 g/mol. The number of nitrogens with one attached hydrogen (secondary N) is 1. The minimum absolute atomic E-state index is 0.141. The number of imidazole rings is 1. The van der Waals surface area contributed by atoms with Crippen LogP contribution in [0.3, 0.4) is 0 Å². The van der Waals surface area contributed by atoms with Crippen molar-refractivity contribution in [2.45, 2.75) is 53.0 Å². The number of hydrogen-bond donors (Lipinski definition) is 1. The van der Waals surface area contributed by atoms with Gasteiger partial charge in [-0.2, -0.15) is 0 Å². The summed E-state index contributed by atoms with van der Waals surface area (Å²) in [6.45, 7) is 10.1. The van der Waals surface area contributed by atoms with E-state index in [-0.39, 0.29) is 11.8 Å². The molecule has 0 atom stereocenters. The second kappa shape index (κ2) is 8.56. The predicted octanol–water partition coefficient (Wildman–Crippen LogP) is 3.83. The molecule has 1 fully saturated rings. The van der Waals surface area contributed by atoms with Gasteiger partial charge in [0.2, 0.25) is 11.9 Å². The maximum absolute atomic E-state index is 12.4. The van der Waals surface area contributed by atoms with Crippen LogP contribution in [0.2, 0.25) is 0 Å². The van der Waals surface area contributed by atoms with E-state index >= 15 is 0 Å². The Morgan fingerprint density at radius 1 is 1.27 bits per heavy atom. The number of hydrogen-bond acceptors (Lipinski definition) is 3. The summed E-state index contributed by atoms with van der Waals surface area (Å²) in [5, 5.41) is 3.11. The van der Waals surface area contributed by atoms with E-state index in [4.69, 9.17) is 4.98 Å². The van der Waals surface area contributed by atoms with Gasteiger partial charge in [0.05, 0.1) is 11.0 Å². The number of aryl methyl sites for hydroxylation is 1. The second-order valence-corrected chi connectivity index (χ2v) is 7.79. The molecule has 5 nitrogen and oxygen atoms in total. The van der Waals surface area contributed by atoms with Gasteiger partial charge in [0, 0.05) is 32.1 Å². The highest BCUT2D eigenvalue weighted by Crippen LogP contribution is 2.27. The van der Waals surface area contributed by atoms with E-state index in [2.05, 4.69) is 53.8 Å². The summed E-state index contributed by atoms with van der Waals surface area (Å²) < 4.78 is 2.33. The molecule has 1 saturated heterocycles. The zero-order chi connectivity index (χ0) is 18.5. The minimum Gasteiger partial charge on any atom is -0.356 e. The molecule has 1 N–H and O–H groups in total. The highest BCUT2D eigenvalue weighted by molar-refractivity contribution is 5.80. The Morgan fingerprint density at radius 3 is 2.69 bits per heavy atom. The van der Waals surface area contributed by atoms with Crippen molar-refractivity contribution in [3.8, 4) is 0 Å². The lowest BCUT2D eigenvalue weighted by Crippen LogP contribution is -2.41. The number of para-hydroxylation sites is 2. The van der Waals surface area contributed by atoms with Crippen LogP contribution in [0.1, 0.15) is 46.5 Å². The molecule has 1 amide bonds. The molecule has 0 unspecified atom stereocenters. The van der Waals surface area contributed by atoms with Crippen molar-refractivity contribution in [1.82, 2.24) is 14.9 Å². The summed E-state index contributed by atoms with van der Waals surface area (Å²) >= 11 is 0. The third-order valence-corrected chi connectivity index (χ3v) is 5.25. The fourth-order valence-electron chi connectivity index (χ4n) is 3.72. The molecule has 0 saturated carbocycles. The molecule has 1 aromatic carbocycles. The largest absolute Gasteiger partial charge is 0.356 e. The standard InChI is InChI=1S/C21H32N4O/c1-4-13-25-19-8-6-5-7-18(19)23-21(25)24-14-10-17(11-15-24)20(26)22-12-9-16(2)3/h5-8,16-17H,4,9-15H2,1-3H3,(H,22,26). The quantitative estimate of drug-likeness (QED) is 0.820. The number of carbonyl (C=O) groups excluding carboxylic acids is 1. The van der Waals surface area contributed by atoms with E-state index in [1.165, 1.54) is 5.52 Å². The van der Waals surface area contributed by atoms with Crippen molar-refractivity contribution in [2.75, 3.05) is 24.5 Å². The van der Waals surface area contributed by atoms with Crippen LogP contribution >= 0.6 is 0 Å². The Labute approximate surface area is 156 Å². The van der Waals surface area contributed by atoms with Crippen molar-refractivity contribution in [2.24, 2.45) is 11.8 Å². The lowest BCUT2D eigenvalue weighted by Gasteiger charge is -2.32. The van der Waals surface area contributed by atoms with Gasteiger partial charge >= 0.3 is 0 Å². The van der Waals surface area contributed by atoms with Gasteiger partial charge in [-0.1, -0.05) is 32.9 Å². The van der Waals surface area contributed by atoms with Gasteiger partial charge < -0.3 is 14.8 Å². The van der Waals surface area contributed by atoms with Gasteiger partial charge in [0.25, 0.3) is 0 Å². The van der Waals surface area contributed by atoms with Gasteiger partial charge in [0.15, 0.2) is 0 Å². The number of rotatable bonds is 7. The molecule has 142 valence electrons. The first-order valence-corrected chi connectivity index (χ1v) is 10.1. The summed E-state index contributed by atoms with van der Waals surface area (Å²) in [7, 11) is 0. The molecule has 1 aliphatic heterocycles. The smallest absolute Gasteiger partial charge is 0.223 e. The van der Waals surface area contributed by atoms with Crippen LogP contribution in [-0.4, -0.2) is 35.1 Å². The van der Waals surface area contributed by atoms with Crippen molar-refractivity contribution in [1.29, 1.82) is 0 Å². The van der Waals surface area contributed by atoms with Gasteiger partial charge in [-0.15, -0.1) is 0 Å². The van der Waals surface area contributed by atoms with Crippen LogP contribution < -0.4 is 10.2 Å². The molecule has 3 rings (SSSR count). The number of piperidine rings is 1. The number of fused-ring (bicyclic) bond motifs is 1. The molecular weight excluding hydrogens is 324 g/mol. The third-order valence-electron chi connectivity index (χ3n) is 5.25. The average Bonchev–Trinajstić information content (AvgIpc) is 3.00. The zero-order valence-electron chi connectivity index (χ0n) is 16.4. The molecule has 5 heteroatoms.